The quantitative estimate of drug-likeness (QED) is 0.535. The molecule has 1 rings (SSSR count). The highest BCUT2D eigenvalue weighted by molar-refractivity contribution is 5.69. The van der Waals surface area contributed by atoms with Gasteiger partial charge in [0.2, 0.25) is 0 Å². The molecule has 0 bridgehead atoms. The zero-order valence-electron chi connectivity index (χ0n) is 8.18. The van der Waals surface area contributed by atoms with E-state index in [9.17, 15) is 18.0 Å². The SMILES string of the molecule is CC(=O)Oc1cc(C)cc(C(F)(F)F)c1. The van der Waals surface area contributed by atoms with Crippen molar-refractivity contribution in [2.24, 2.45) is 0 Å². The van der Waals surface area contributed by atoms with Gasteiger partial charge in [0.25, 0.3) is 0 Å². The first-order valence-electron chi connectivity index (χ1n) is 4.16. The average Bonchev–Trinajstić information content (AvgIpc) is 1.99. The van der Waals surface area contributed by atoms with E-state index in [-0.39, 0.29) is 5.75 Å². The summed E-state index contributed by atoms with van der Waals surface area (Å²) >= 11 is 0. The first kappa shape index (κ1) is 11.6. The lowest BCUT2D eigenvalue weighted by atomic mass is 10.1. The summed E-state index contributed by atoms with van der Waals surface area (Å²) in [4.78, 5) is 10.6. The fourth-order valence-electron chi connectivity index (χ4n) is 1.14. The van der Waals surface area contributed by atoms with E-state index in [1.807, 2.05) is 0 Å². The first-order valence-corrected chi connectivity index (χ1v) is 4.16. The molecule has 0 aliphatic carbocycles. The summed E-state index contributed by atoms with van der Waals surface area (Å²) < 4.78 is 41.6. The minimum Gasteiger partial charge on any atom is -0.427 e. The number of ether oxygens (including phenoxy) is 1. The number of halogens is 3. The maximum absolute atomic E-state index is 12.3. The number of rotatable bonds is 1. The van der Waals surface area contributed by atoms with E-state index in [4.69, 9.17) is 0 Å². The maximum Gasteiger partial charge on any atom is 0.416 e. The average molecular weight is 218 g/mol. The van der Waals surface area contributed by atoms with Gasteiger partial charge in [0.15, 0.2) is 0 Å². The van der Waals surface area contributed by atoms with Crippen LogP contribution in [0.4, 0.5) is 13.2 Å². The van der Waals surface area contributed by atoms with E-state index < -0.39 is 17.7 Å². The van der Waals surface area contributed by atoms with Gasteiger partial charge in [-0.3, -0.25) is 4.79 Å². The molecule has 0 aliphatic rings. The summed E-state index contributed by atoms with van der Waals surface area (Å²) in [6.45, 7) is 2.64. The van der Waals surface area contributed by atoms with Gasteiger partial charge in [-0.25, -0.2) is 0 Å². The molecule has 15 heavy (non-hydrogen) atoms. The largest absolute Gasteiger partial charge is 0.427 e. The van der Waals surface area contributed by atoms with Gasteiger partial charge in [-0.05, 0) is 30.7 Å². The van der Waals surface area contributed by atoms with Crippen LogP contribution >= 0.6 is 0 Å². The van der Waals surface area contributed by atoms with Crippen molar-refractivity contribution < 1.29 is 22.7 Å². The Hall–Kier alpha value is -1.52. The molecule has 0 saturated heterocycles. The topological polar surface area (TPSA) is 26.3 Å². The predicted molar refractivity (Wildman–Crippen MR) is 47.5 cm³/mol. The summed E-state index contributed by atoms with van der Waals surface area (Å²) in [6, 6.07) is 3.16. The van der Waals surface area contributed by atoms with Gasteiger partial charge in [0.05, 0.1) is 5.56 Å². The van der Waals surface area contributed by atoms with Crippen molar-refractivity contribution >= 4 is 5.97 Å². The van der Waals surface area contributed by atoms with Gasteiger partial charge in [-0.15, -0.1) is 0 Å². The van der Waals surface area contributed by atoms with Crippen molar-refractivity contribution in [3.05, 3.63) is 29.3 Å². The second-order valence-electron chi connectivity index (χ2n) is 3.13. The summed E-state index contributed by atoms with van der Waals surface area (Å²) in [6.07, 6.45) is -4.43. The smallest absolute Gasteiger partial charge is 0.416 e. The van der Waals surface area contributed by atoms with E-state index in [0.717, 1.165) is 19.1 Å². The molecule has 0 atom stereocenters. The third-order valence-corrected chi connectivity index (χ3v) is 1.64. The zero-order valence-corrected chi connectivity index (χ0v) is 8.18. The Morgan fingerprint density at radius 3 is 2.33 bits per heavy atom. The Kier molecular flexibility index (Phi) is 3.02. The summed E-state index contributed by atoms with van der Waals surface area (Å²) in [5.74, 6) is -0.733. The van der Waals surface area contributed by atoms with Crippen LogP contribution in [0.1, 0.15) is 18.1 Å². The molecule has 0 N–H and O–H groups in total. The molecule has 0 aromatic heterocycles. The van der Waals surface area contributed by atoms with Crippen LogP contribution in [0.25, 0.3) is 0 Å². The second-order valence-corrected chi connectivity index (χ2v) is 3.13. The third-order valence-electron chi connectivity index (χ3n) is 1.64. The fourth-order valence-corrected chi connectivity index (χ4v) is 1.14. The van der Waals surface area contributed by atoms with Crippen molar-refractivity contribution in [2.75, 3.05) is 0 Å². The molecule has 2 nitrogen and oxygen atoms in total. The Morgan fingerprint density at radius 1 is 1.27 bits per heavy atom. The summed E-state index contributed by atoms with van der Waals surface area (Å²) in [5, 5.41) is 0. The third kappa shape index (κ3) is 3.27. The molecule has 0 unspecified atom stereocenters. The molecule has 1 aromatic rings. The number of esters is 1. The minimum absolute atomic E-state index is 0.0881. The predicted octanol–water partition coefficient (Wildman–Crippen LogP) is 2.94. The molecule has 1 aromatic carbocycles. The van der Waals surface area contributed by atoms with Crippen LogP contribution in [0.15, 0.2) is 18.2 Å². The lowest BCUT2D eigenvalue weighted by Gasteiger charge is -2.09. The van der Waals surface area contributed by atoms with Crippen molar-refractivity contribution in [1.82, 2.24) is 0 Å². The van der Waals surface area contributed by atoms with Crippen LogP contribution in [0.2, 0.25) is 0 Å². The minimum atomic E-state index is -4.43. The number of hydrogen-bond acceptors (Lipinski definition) is 2. The number of aryl methyl sites for hydroxylation is 1. The Balaban J connectivity index is 3.11. The molecule has 0 spiro atoms. The molecular formula is C10H9F3O2. The van der Waals surface area contributed by atoms with E-state index >= 15 is 0 Å². The van der Waals surface area contributed by atoms with Crippen LogP contribution < -0.4 is 4.74 Å². The molecule has 0 saturated carbocycles. The molecule has 0 aliphatic heterocycles. The van der Waals surface area contributed by atoms with E-state index in [2.05, 4.69) is 4.74 Å². The summed E-state index contributed by atoms with van der Waals surface area (Å²) in [7, 11) is 0. The standard InChI is InChI=1S/C10H9F3O2/c1-6-3-8(10(11,12)13)5-9(4-6)15-7(2)14/h3-5H,1-2H3. The normalized spacial score (nSPS) is 11.3. The van der Waals surface area contributed by atoms with Gasteiger partial charge in [-0.2, -0.15) is 13.2 Å². The number of carbonyl (C=O) groups excluding carboxylic acids is 1. The Bertz CT molecular complexity index is 383. The van der Waals surface area contributed by atoms with Gasteiger partial charge < -0.3 is 4.74 Å². The highest BCUT2D eigenvalue weighted by Crippen LogP contribution is 2.32. The highest BCUT2D eigenvalue weighted by Gasteiger charge is 2.31. The Morgan fingerprint density at radius 2 is 1.87 bits per heavy atom. The van der Waals surface area contributed by atoms with Crippen molar-refractivity contribution in [3.8, 4) is 5.75 Å². The lowest BCUT2D eigenvalue weighted by Crippen LogP contribution is -2.07. The van der Waals surface area contributed by atoms with Crippen LogP contribution in [0, 0.1) is 6.92 Å². The van der Waals surface area contributed by atoms with Crippen molar-refractivity contribution in [2.45, 2.75) is 20.0 Å². The van der Waals surface area contributed by atoms with E-state index in [1.165, 1.54) is 13.0 Å². The van der Waals surface area contributed by atoms with E-state index in [1.54, 1.807) is 0 Å². The molecule has 82 valence electrons. The number of alkyl halides is 3. The first-order chi connectivity index (χ1) is 6.79. The lowest BCUT2D eigenvalue weighted by molar-refractivity contribution is -0.138. The maximum atomic E-state index is 12.3. The second kappa shape index (κ2) is 3.92. The molecular weight excluding hydrogens is 209 g/mol. The molecule has 0 heterocycles. The van der Waals surface area contributed by atoms with Gasteiger partial charge in [0.1, 0.15) is 5.75 Å². The molecule has 0 amide bonds. The summed E-state index contributed by atoms with van der Waals surface area (Å²) in [5.41, 5.74) is -0.431. The zero-order chi connectivity index (χ0) is 11.6. The highest BCUT2D eigenvalue weighted by atomic mass is 19.4. The van der Waals surface area contributed by atoms with Crippen LogP contribution in [0.5, 0.6) is 5.75 Å². The Labute approximate surface area is 84.7 Å². The number of hydrogen-bond donors (Lipinski definition) is 0. The molecule has 0 fully saturated rings. The monoisotopic (exact) mass is 218 g/mol. The van der Waals surface area contributed by atoms with Crippen molar-refractivity contribution in [3.63, 3.8) is 0 Å². The molecule has 5 heteroatoms. The van der Waals surface area contributed by atoms with Gasteiger partial charge in [0, 0.05) is 6.92 Å². The van der Waals surface area contributed by atoms with Crippen LogP contribution in [-0.2, 0) is 11.0 Å². The molecule has 0 radical (unpaired) electrons. The van der Waals surface area contributed by atoms with Crippen molar-refractivity contribution in [1.29, 1.82) is 0 Å². The van der Waals surface area contributed by atoms with Gasteiger partial charge >= 0.3 is 12.1 Å². The van der Waals surface area contributed by atoms with Crippen LogP contribution in [-0.4, -0.2) is 5.97 Å². The van der Waals surface area contributed by atoms with Gasteiger partial charge in [-0.1, -0.05) is 0 Å². The fraction of sp³-hybridized carbons (Fsp3) is 0.300. The number of carbonyl (C=O) groups is 1. The number of benzene rings is 1. The van der Waals surface area contributed by atoms with E-state index in [0.29, 0.717) is 5.56 Å². The van der Waals surface area contributed by atoms with Crippen LogP contribution in [0.3, 0.4) is 0 Å².